The van der Waals surface area contributed by atoms with Gasteiger partial charge in [-0.2, -0.15) is 13.2 Å². The van der Waals surface area contributed by atoms with E-state index < -0.39 is 23.8 Å². The molecule has 20 heavy (non-hydrogen) atoms. The molecule has 3 nitrogen and oxygen atoms in total. The quantitative estimate of drug-likeness (QED) is 0.782. The number of carboxylic acid groups (broad SMARTS) is 1. The summed E-state index contributed by atoms with van der Waals surface area (Å²) >= 11 is 0. The van der Waals surface area contributed by atoms with Crippen LogP contribution in [0, 0.1) is 0 Å². The van der Waals surface area contributed by atoms with Crippen molar-refractivity contribution in [3.8, 4) is 0 Å². The Balaban J connectivity index is 2.76. The molecule has 6 heteroatoms. The Morgan fingerprint density at radius 1 is 1.40 bits per heavy atom. The fourth-order valence-electron chi connectivity index (χ4n) is 1.68. The fraction of sp³-hybridized carbons (Fsp3) is 0.500. The summed E-state index contributed by atoms with van der Waals surface area (Å²) in [5.74, 6) is -1.17. The monoisotopic (exact) mass is 290 g/mol. The normalized spacial score (nSPS) is 13.2. The Morgan fingerprint density at radius 2 is 2.10 bits per heavy atom. The zero-order chi connectivity index (χ0) is 15.2. The number of carbonyl (C=O) groups is 1. The number of ether oxygens (including phenoxy) is 1. The molecule has 0 aliphatic rings. The lowest BCUT2D eigenvalue weighted by atomic mass is 10.0. The second-order valence-corrected chi connectivity index (χ2v) is 4.45. The molecule has 0 fully saturated rings. The first kappa shape index (κ1) is 16.5. The van der Waals surface area contributed by atoms with Gasteiger partial charge in [0.1, 0.15) is 0 Å². The smallest absolute Gasteiger partial charge is 0.416 e. The Morgan fingerprint density at radius 3 is 2.65 bits per heavy atom. The predicted molar refractivity (Wildman–Crippen MR) is 67.4 cm³/mol. The molecule has 0 aromatic heterocycles. The van der Waals surface area contributed by atoms with Crippen molar-refractivity contribution in [1.29, 1.82) is 0 Å². The highest BCUT2D eigenvalue weighted by atomic mass is 19.4. The van der Waals surface area contributed by atoms with Crippen molar-refractivity contribution in [3.05, 3.63) is 35.4 Å². The van der Waals surface area contributed by atoms with Gasteiger partial charge in [0, 0.05) is 13.0 Å². The van der Waals surface area contributed by atoms with Crippen LogP contribution >= 0.6 is 0 Å². The Hall–Kier alpha value is -1.56. The predicted octanol–water partition coefficient (Wildman–Crippen LogP) is 3.52. The van der Waals surface area contributed by atoms with Crippen LogP contribution in [0.1, 0.15) is 30.9 Å². The van der Waals surface area contributed by atoms with Gasteiger partial charge in [-0.3, -0.25) is 0 Å². The zero-order valence-electron chi connectivity index (χ0n) is 11.1. The molecule has 0 heterocycles. The maximum absolute atomic E-state index is 12.6. The van der Waals surface area contributed by atoms with Crippen LogP contribution in [0.15, 0.2) is 24.3 Å². The van der Waals surface area contributed by atoms with E-state index in [4.69, 9.17) is 9.84 Å². The van der Waals surface area contributed by atoms with Gasteiger partial charge in [0.15, 0.2) is 6.10 Å². The minimum absolute atomic E-state index is 0.0804. The van der Waals surface area contributed by atoms with Gasteiger partial charge in [-0.05, 0) is 18.1 Å². The van der Waals surface area contributed by atoms with Gasteiger partial charge >= 0.3 is 12.1 Å². The number of unbranched alkanes of at least 4 members (excludes halogenated alkanes) is 1. The molecule has 0 spiro atoms. The van der Waals surface area contributed by atoms with E-state index in [0.29, 0.717) is 12.0 Å². The summed E-state index contributed by atoms with van der Waals surface area (Å²) in [5.41, 5.74) is -0.489. The van der Waals surface area contributed by atoms with Gasteiger partial charge in [-0.25, -0.2) is 4.79 Å². The van der Waals surface area contributed by atoms with Crippen LogP contribution in [-0.2, 0) is 22.1 Å². The first-order chi connectivity index (χ1) is 9.34. The minimum atomic E-state index is -4.43. The van der Waals surface area contributed by atoms with Crippen molar-refractivity contribution < 1.29 is 27.8 Å². The summed E-state index contributed by atoms with van der Waals surface area (Å²) in [4.78, 5) is 11.0. The van der Waals surface area contributed by atoms with Crippen molar-refractivity contribution in [1.82, 2.24) is 0 Å². The van der Waals surface area contributed by atoms with Gasteiger partial charge in [0.05, 0.1) is 5.56 Å². The van der Waals surface area contributed by atoms with E-state index in [9.17, 15) is 18.0 Å². The zero-order valence-corrected chi connectivity index (χ0v) is 11.1. The largest absolute Gasteiger partial charge is 0.479 e. The number of hydrogen-bond donors (Lipinski definition) is 1. The molecule has 0 saturated carbocycles. The van der Waals surface area contributed by atoms with Gasteiger partial charge in [0.25, 0.3) is 0 Å². The minimum Gasteiger partial charge on any atom is -0.479 e. The average molecular weight is 290 g/mol. The summed E-state index contributed by atoms with van der Waals surface area (Å²) in [6.45, 7) is 2.22. The van der Waals surface area contributed by atoms with Crippen LogP contribution in [0.25, 0.3) is 0 Å². The number of alkyl halides is 3. The van der Waals surface area contributed by atoms with E-state index in [-0.39, 0.29) is 13.0 Å². The second-order valence-electron chi connectivity index (χ2n) is 4.45. The van der Waals surface area contributed by atoms with Crippen LogP contribution in [0.4, 0.5) is 13.2 Å². The first-order valence-electron chi connectivity index (χ1n) is 6.35. The molecule has 0 saturated heterocycles. The highest BCUT2D eigenvalue weighted by molar-refractivity contribution is 5.72. The van der Waals surface area contributed by atoms with Gasteiger partial charge in [0.2, 0.25) is 0 Å². The van der Waals surface area contributed by atoms with Crippen LogP contribution in [0.2, 0.25) is 0 Å². The molecule has 1 N–H and O–H groups in total. The molecule has 1 atom stereocenters. The Labute approximate surface area is 115 Å². The van der Waals surface area contributed by atoms with Crippen molar-refractivity contribution in [3.63, 3.8) is 0 Å². The van der Waals surface area contributed by atoms with E-state index in [1.54, 1.807) is 0 Å². The van der Waals surface area contributed by atoms with E-state index in [1.807, 2.05) is 6.92 Å². The molecule has 0 bridgehead atoms. The van der Waals surface area contributed by atoms with E-state index >= 15 is 0 Å². The van der Waals surface area contributed by atoms with Crippen LogP contribution in [0.3, 0.4) is 0 Å². The Kier molecular flexibility index (Phi) is 6.01. The van der Waals surface area contributed by atoms with Crippen molar-refractivity contribution in [2.24, 2.45) is 0 Å². The molecular formula is C14H17F3O3. The number of carboxylic acids is 1. The highest BCUT2D eigenvalue weighted by Crippen LogP contribution is 2.29. The number of halogens is 3. The third-order valence-electron chi connectivity index (χ3n) is 2.77. The molecule has 0 aliphatic carbocycles. The standard InChI is InChI=1S/C14H17F3O3/c1-2-3-7-20-12(13(18)19)9-10-5-4-6-11(8-10)14(15,16)17/h4-6,8,12H,2-3,7,9H2,1H3,(H,18,19)/t12-/m1/s1. The molecular weight excluding hydrogens is 273 g/mol. The molecule has 1 rings (SSSR count). The Bertz CT molecular complexity index is 444. The SMILES string of the molecule is CCCCO[C@H](Cc1cccc(C(F)(F)F)c1)C(=O)O. The average Bonchev–Trinajstić information content (AvgIpc) is 2.37. The maximum Gasteiger partial charge on any atom is 0.416 e. The maximum atomic E-state index is 12.6. The first-order valence-corrected chi connectivity index (χ1v) is 6.35. The topological polar surface area (TPSA) is 46.5 Å². The molecule has 112 valence electrons. The second kappa shape index (κ2) is 7.28. The lowest BCUT2D eigenvalue weighted by Gasteiger charge is -2.14. The number of aliphatic carboxylic acids is 1. The molecule has 1 aromatic carbocycles. The summed E-state index contributed by atoms with van der Waals surface area (Å²) in [5, 5.41) is 9.02. The number of rotatable bonds is 7. The van der Waals surface area contributed by atoms with E-state index in [0.717, 1.165) is 18.6 Å². The van der Waals surface area contributed by atoms with Crippen LogP contribution in [0.5, 0.6) is 0 Å². The lowest BCUT2D eigenvalue weighted by molar-refractivity contribution is -0.150. The van der Waals surface area contributed by atoms with Crippen LogP contribution < -0.4 is 0 Å². The van der Waals surface area contributed by atoms with Gasteiger partial charge in [-0.15, -0.1) is 0 Å². The molecule has 0 unspecified atom stereocenters. The fourth-order valence-corrected chi connectivity index (χ4v) is 1.68. The van der Waals surface area contributed by atoms with Gasteiger partial charge < -0.3 is 9.84 Å². The summed E-state index contributed by atoms with van der Waals surface area (Å²) in [6.07, 6.45) is -4.06. The third-order valence-corrected chi connectivity index (χ3v) is 2.77. The number of hydrogen-bond acceptors (Lipinski definition) is 2. The van der Waals surface area contributed by atoms with E-state index in [1.165, 1.54) is 12.1 Å². The summed E-state index contributed by atoms with van der Waals surface area (Å²) in [6, 6.07) is 4.65. The lowest BCUT2D eigenvalue weighted by Crippen LogP contribution is -2.27. The summed E-state index contributed by atoms with van der Waals surface area (Å²) in [7, 11) is 0. The summed E-state index contributed by atoms with van der Waals surface area (Å²) < 4.78 is 42.9. The molecule has 0 radical (unpaired) electrons. The van der Waals surface area contributed by atoms with Crippen molar-refractivity contribution in [2.75, 3.05) is 6.61 Å². The molecule has 0 aliphatic heterocycles. The van der Waals surface area contributed by atoms with Crippen molar-refractivity contribution in [2.45, 2.75) is 38.5 Å². The number of benzene rings is 1. The molecule has 1 aromatic rings. The molecule has 0 amide bonds. The van der Waals surface area contributed by atoms with Crippen molar-refractivity contribution >= 4 is 5.97 Å². The van der Waals surface area contributed by atoms with E-state index in [2.05, 4.69) is 0 Å². The van der Waals surface area contributed by atoms with Crippen LogP contribution in [-0.4, -0.2) is 23.8 Å². The third kappa shape index (κ3) is 5.21. The highest BCUT2D eigenvalue weighted by Gasteiger charge is 2.30. The van der Waals surface area contributed by atoms with Gasteiger partial charge in [-0.1, -0.05) is 31.5 Å².